The summed E-state index contributed by atoms with van der Waals surface area (Å²) in [6.07, 6.45) is 1.77. The van der Waals surface area contributed by atoms with E-state index in [0.29, 0.717) is 11.4 Å². The van der Waals surface area contributed by atoms with Crippen LogP contribution in [0.3, 0.4) is 0 Å². The first-order chi connectivity index (χ1) is 15.2. The summed E-state index contributed by atoms with van der Waals surface area (Å²) in [6.45, 7) is 3.97. The van der Waals surface area contributed by atoms with Crippen LogP contribution in [0.1, 0.15) is 10.4 Å². The highest BCUT2D eigenvalue weighted by Gasteiger charge is 2.16. The minimum atomic E-state index is -0.164. The second kappa shape index (κ2) is 8.41. The molecule has 156 valence electrons. The van der Waals surface area contributed by atoms with Crippen molar-refractivity contribution in [2.24, 2.45) is 0 Å². The van der Waals surface area contributed by atoms with Crippen molar-refractivity contribution < 1.29 is 4.79 Å². The number of pyridine rings is 1. The third-order valence-electron chi connectivity index (χ3n) is 5.55. The molecule has 8 heteroatoms. The lowest BCUT2D eigenvalue weighted by Crippen LogP contribution is -2.44. The number of piperazine rings is 1. The second-order valence-electron chi connectivity index (χ2n) is 7.67. The summed E-state index contributed by atoms with van der Waals surface area (Å²) in [5.74, 6) is 0.361. The molecule has 0 unspecified atom stereocenters. The molecular weight excluding hydrogens is 408 g/mol. The molecule has 1 saturated heterocycles. The molecule has 0 aliphatic carbocycles. The van der Waals surface area contributed by atoms with E-state index in [9.17, 15) is 4.79 Å². The zero-order chi connectivity index (χ0) is 21.2. The van der Waals surface area contributed by atoms with E-state index in [1.807, 2.05) is 42.5 Å². The Balaban J connectivity index is 1.35. The third-order valence-corrected chi connectivity index (χ3v) is 6.29. The normalized spacial score (nSPS) is 14.7. The van der Waals surface area contributed by atoms with Gasteiger partial charge in [0, 0.05) is 54.6 Å². The molecule has 1 fully saturated rings. The monoisotopic (exact) mass is 430 g/mol. The van der Waals surface area contributed by atoms with Gasteiger partial charge in [-0.05, 0) is 42.8 Å². The lowest BCUT2D eigenvalue weighted by molar-refractivity contribution is 0.102. The van der Waals surface area contributed by atoms with Gasteiger partial charge in [-0.1, -0.05) is 29.5 Å². The van der Waals surface area contributed by atoms with Crippen LogP contribution < -0.4 is 10.2 Å². The SMILES string of the molecule is CN1CCN(c2cccc(C(=O)Nc3cc4cc(-c5nncs5)ccc4cn3)c2)CC1. The number of fused-ring (bicyclic) bond motifs is 1. The van der Waals surface area contributed by atoms with Crippen molar-refractivity contribution in [2.45, 2.75) is 0 Å². The number of benzene rings is 2. The molecule has 4 aromatic rings. The predicted octanol–water partition coefficient (Wildman–Crippen LogP) is 3.76. The molecular formula is C23H22N6OS. The molecule has 1 aliphatic rings. The number of carbonyl (C=O) groups excluding carboxylic acids is 1. The van der Waals surface area contributed by atoms with Crippen molar-refractivity contribution in [2.75, 3.05) is 43.4 Å². The highest BCUT2D eigenvalue weighted by molar-refractivity contribution is 7.12. The molecule has 1 amide bonds. The number of hydrogen-bond donors (Lipinski definition) is 1. The predicted molar refractivity (Wildman–Crippen MR) is 125 cm³/mol. The Morgan fingerprint density at radius 1 is 1.03 bits per heavy atom. The Bertz CT molecular complexity index is 1220. The zero-order valence-corrected chi connectivity index (χ0v) is 18.0. The molecule has 1 N–H and O–H groups in total. The van der Waals surface area contributed by atoms with E-state index in [4.69, 9.17) is 0 Å². The summed E-state index contributed by atoms with van der Waals surface area (Å²) in [6, 6.07) is 15.7. The number of hydrogen-bond acceptors (Lipinski definition) is 7. The number of amides is 1. The lowest BCUT2D eigenvalue weighted by atomic mass is 10.1. The number of rotatable bonds is 4. The Morgan fingerprint density at radius 2 is 1.90 bits per heavy atom. The van der Waals surface area contributed by atoms with Crippen molar-refractivity contribution in [1.29, 1.82) is 0 Å². The van der Waals surface area contributed by atoms with E-state index in [2.05, 4.69) is 43.4 Å². The lowest BCUT2D eigenvalue weighted by Gasteiger charge is -2.34. The Hall–Kier alpha value is -3.36. The first kappa shape index (κ1) is 19.6. The van der Waals surface area contributed by atoms with Gasteiger partial charge in [0.25, 0.3) is 5.91 Å². The van der Waals surface area contributed by atoms with Gasteiger partial charge in [-0.2, -0.15) is 0 Å². The summed E-state index contributed by atoms with van der Waals surface area (Å²) in [7, 11) is 2.13. The minimum absolute atomic E-state index is 0.164. The van der Waals surface area contributed by atoms with Crippen molar-refractivity contribution in [1.82, 2.24) is 20.1 Å². The summed E-state index contributed by atoms with van der Waals surface area (Å²) in [4.78, 5) is 21.9. The number of likely N-dealkylation sites (N-methyl/N-ethyl adjacent to an activating group) is 1. The number of nitrogens with one attached hydrogen (secondary N) is 1. The largest absolute Gasteiger partial charge is 0.369 e. The molecule has 0 radical (unpaired) electrons. The molecule has 0 atom stereocenters. The highest BCUT2D eigenvalue weighted by Crippen LogP contribution is 2.26. The van der Waals surface area contributed by atoms with Gasteiger partial charge >= 0.3 is 0 Å². The van der Waals surface area contributed by atoms with Crippen molar-refractivity contribution in [3.63, 3.8) is 0 Å². The van der Waals surface area contributed by atoms with Gasteiger partial charge in [-0.3, -0.25) is 4.79 Å². The number of carbonyl (C=O) groups is 1. The molecule has 1 aliphatic heterocycles. The highest BCUT2D eigenvalue weighted by atomic mass is 32.1. The van der Waals surface area contributed by atoms with Gasteiger partial charge < -0.3 is 15.1 Å². The standard InChI is InChI=1S/C23H22N6OS/c1-28-7-9-29(10-8-28)20-4-2-3-16(12-20)22(30)26-21-13-19-11-17(23-27-25-15-31-23)5-6-18(19)14-24-21/h2-6,11-15H,7-10H2,1H3,(H,24,26,30). The Labute approximate surface area is 184 Å². The maximum Gasteiger partial charge on any atom is 0.256 e. The van der Waals surface area contributed by atoms with E-state index in [1.54, 1.807) is 11.7 Å². The molecule has 2 aromatic carbocycles. The van der Waals surface area contributed by atoms with Crippen LogP contribution in [0.25, 0.3) is 21.3 Å². The van der Waals surface area contributed by atoms with Crippen LogP contribution in [0.15, 0.2) is 60.2 Å². The van der Waals surface area contributed by atoms with Crippen LogP contribution in [0, 0.1) is 0 Å². The van der Waals surface area contributed by atoms with Crippen LogP contribution in [0.5, 0.6) is 0 Å². The summed E-state index contributed by atoms with van der Waals surface area (Å²) in [5.41, 5.74) is 4.42. The zero-order valence-electron chi connectivity index (χ0n) is 17.2. The fourth-order valence-corrected chi connectivity index (χ4v) is 4.29. The quantitative estimate of drug-likeness (QED) is 0.531. The van der Waals surface area contributed by atoms with Crippen LogP contribution in [-0.2, 0) is 0 Å². The van der Waals surface area contributed by atoms with Crippen molar-refractivity contribution in [3.05, 3.63) is 65.8 Å². The molecule has 0 saturated carbocycles. The van der Waals surface area contributed by atoms with Gasteiger partial charge in [0.1, 0.15) is 16.3 Å². The van der Waals surface area contributed by atoms with Gasteiger partial charge in [0.15, 0.2) is 0 Å². The fraction of sp³-hybridized carbons (Fsp3) is 0.217. The molecule has 7 nitrogen and oxygen atoms in total. The van der Waals surface area contributed by atoms with Gasteiger partial charge in [0.05, 0.1) is 0 Å². The van der Waals surface area contributed by atoms with E-state index in [-0.39, 0.29) is 5.91 Å². The fourth-order valence-electron chi connectivity index (χ4n) is 3.74. The van der Waals surface area contributed by atoms with Crippen molar-refractivity contribution in [3.8, 4) is 10.6 Å². The minimum Gasteiger partial charge on any atom is -0.369 e. The topological polar surface area (TPSA) is 74.2 Å². The molecule has 2 aromatic heterocycles. The Kier molecular flexibility index (Phi) is 5.31. The third kappa shape index (κ3) is 4.26. The van der Waals surface area contributed by atoms with E-state index in [0.717, 1.165) is 53.2 Å². The first-order valence-corrected chi connectivity index (χ1v) is 11.0. The summed E-state index contributed by atoms with van der Waals surface area (Å²) in [5, 5.41) is 13.8. The van der Waals surface area contributed by atoms with Crippen LogP contribution in [0.2, 0.25) is 0 Å². The summed E-state index contributed by atoms with van der Waals surface area (Å²) >= 11 is 1.50. The smallest absolute Gasteiger partial charge is 0.256 e. The second-order valence-corrected chi connectivity index (χ2v) is 8.50. The van der Waals surface area contributed by atoms with E-state index in [1.165, 1.54) is 11.3 Å². The molecule has 3 heterocycles. The van der Waals surface area contributed by atoms with Gasteiger partial charge in [0.2, 0.25) is 0 Å². The molecule has 0 bridgehead atoms. The molecule has 0 spiro atoms. The molecule has 31 heavy (non-hydrogen) atoms. The van der Waals surface area contributed by atoms with E-state index < -0.39 is 0 Å². The Morgan fingerprint density at radius 3 is 2.71 bits per heavy atom. The van der Waals surface area contributed by atoms with Crippen LogP contribution in [-0.4, -0.2) is 59.2 Å². The van der Waals surface area contributed by atoms with Crippen molar-refractivity contribution >= 4 is 39.5 Å². The number of nitrogens with zero attached hydrogens (tertiary/aromatic N) is 5. The maximum absolute atomic E-state index is 12.9. The van der Waals surface area contributed by atoms with Gasteiger partial charge in [-0.25, -0.2) is 4.98 Å². The average Bonchev–Trinajstić information content (AvgIpc) is 3.34. The van der Waals surface area contributed by atoms with Crippen LogP contribution >= 0.6 is 11.3 Å². The molecule has 5 rings (SSSR count). The number of aromatic nitrogens is 3. The van der Waals surface area contributed by atoms with Gasteiger partial charge in [-0.15, -0.1) is 10.2 Å². The van der Waals surface area contributed by atoms with Crippen LogP contribution in [0.4, 0.5) is 11.5 Å². The summed E-state index contributed by atoms with van der Waals surface area (Å²) < 4.78 is 0. The number of anilines is 2. The maximum atomic E-state index is 12.9. The first-order valence-electron chi connectivity index (χ1n) is 10.2. The average molecular weight is 431 g/mol. The van der Waals surface area contributed by atoms with E-state index >= 15 is 0 Å².